The lowest BCUT2D eigenvalue weighted by Crippen LogP contribution is -2.43. The second-order valence-corrected chi connectivity index (χ2v) is 5.07. The first-order valence-corrected chi connectivity index (χ1v) is 6.85. The number of amides is 1. The molecule has 2 N–H and O–H groups in total. The van der Waals surface area contributed by atoms with Crippen molar-refractivity contribution in [1.29, 1.82) is 0 Å². The lowest BCUT2D eigenvalue weighted by atomic mass is 10.0. The fourth-order valence-corrected chi connectivity index (χ4v) is 2.11. The third-order valence-corrected chi connectivity index (χ3v) is 3.36. The van der Waals surface area contributed by atoms with Gasteiger partial charge >= 0.3 is 5.97 Å². The van der Waals surface area contributed by atoms with Gasteiger partial charge in [0, 0.05) is 0 Å². The number of rotatable bonds is 6. The molecule has 1 aromatic carbocycles. The Morgan fingerprint density at radius 3 is 2.71 bits per heavy atom. The van der Waals surface area contributed by atoms with E-state index in [4.69, 9.17) is 14.6 Å². The largest absolute Gasteiger partial charge is 0.493 e. The van der Waals surface area contributed by atoms with Gasteiger partial charge in [-0.15, -0.1) is 0 Å². The lowest BCUT2D eigenvalue weighted by Gasteiger charge is -2.15. The average molecular weight is 293 g/mol. The van der Waals surface area contributed by atoms with Crippen molar-refractivity contribution in [1.82, 2.24) is 5.32 Å². The van der Waals surface area contributed by atoms with Crippen LogP contribution in [0.25, 0.3) is 0 Å². The summed E-state index contributed by atoms with van der Waals surface area (Å²) in [4.78, 5) is 22.7. The molecule has 6 heteroatoms. The SMILES string of the molecule is Cc1ccc(OCCC(=O)NC2COCC2C(=O)O)cc1. The number of carbonyl (C=O) groups is 2. The molecule has 1 aliphatic heterocycles. The van der Waals surface area contributed by atoms with Crippen LogP contribution in [0.4, 0.5) is 0 Å². The minimum atomic E-state index is -0.950. The van der Waals surface area contributed by atoms with Crippen LogP contribution in [0, 0.1) is 12.8 Å². The van der Waals surface area contributed by atoms with Gasteiger partial charge in [-0.05, 0) is 19.1 Å². The minimum Gasteiger partial charge on any atom is -0.493 e. The van der Waals surface area contributed by atoms with Crippen molar-refractivity contribution in [3.63, 3.8) is 0 Å². The van der Waals surface area contributed by atoms with Crippen LogP contribution >= 0.6 is 0 Å². The molecule has 6 nitrogen and oxygen atoms in total. The molecule has 1 amide bonds. The molecule has 114 valence electrons. The fraction of sp³-hybridized carbons (Fsp3) is 0.467. The van der Waals surface area contributed by atoms with Crippen LogP contribution in [0.15, 0.2) is 24.3 Å². The predicted molar refractivity (Wildman–Crippen MR) is 75.2 cm³/mol. The molecule has 0 aromatic heterocycles. The van der Waals surface area contributed by atoms with Gasteiger partial charge in [0.05, 0.1) is 32.3 Å². The topological polar surface area (TPSA) is 84.9 Å². The van der Waals surface area contributed by atoms with Crippen molar-refractivity contribution < 1.29 is 24.2 Å². The number of carbonyl (C=O) groups excluding carboxylic acids is 1. The maximum atomic E-state index is 11.8. The Hall–Kier alpha value is -2.08. The van der Waals surface area contributed by atoms with Crippen LogP contribution < -0.4 is 10.1 Å². The van der Waals surface area contributed by atoms with Crippen molar-refractivity contribution in [2.24, 2.45) is 5.92 Å². The van der Waals surface area contributed by atoms with Gasteiger partial charge in [-0.2, -0.15) is 0 Å². The number of hydrogen-bond acceptors (Lipinski definition) is 4. The Labute approximate surface area is 123 Å². The van der Waals surface area contributed by atoms with Crippen molar-refractivity contribution in [2.75, 3.05) is 19.8 Å². The van der Waals surface area contributed by atoms with E-state index < -0.39 is 17.9 Å². The van der Waals surface area contributed by atoms with Gasteiger partial charge in [0.15, 0.2) is 0 Å². The zero-order valence-corrected chi connectivity index (χ0v) is 11.9. The third kappa shape index (κ3) is 4.46. The molecule has 1 saturated heterocycles. The van der Waals surface area contributed by atoms with Crippen LogP contribution in [-0.2, 0) is 14.3 Å². The average Bonchev–Trinajstić information content (AvgIpc) is 2.89. The number of ether oxygens (including phenoxy) is 2. The highest BCUT2D eigenvalue weighted by Gasteiger charge is 2.34. The number of carboxylic acid groups (broad SMARTS) is 1. The van der Waals surface area contributed by atoms with Crippen molar-refractivity contribution in [3.05, 3.63) is 29.8 Å². The van der Waals surface area contributed by atoms with Gasteiger partial charge in [0.2, 0.25) is 5.91 Å². The monoisotopic (exact) mass is 293 g/mol. The summed E-state index contributed by atoms with van der Waals surface area (Å²) in [6.07, 6.45) is 0.177. The summed E-state index contributed by atoms with van der Waals surface area (Å²) in [6, 6.07) is 7.09. The molecule has 1 heterocycles. The van der Waals surface area contributed by atoms with Crippen molar-refractivity contribution in [3.8, 4) is 5.75 Å². The highest BCUT2D eigenvalue weighted by molar-refractivity contribution is 5.78. The van der Waals surface area contributed by atoms with Crippen LogP contribution in [0.5, 0.6) is 5.75 Å². The fourth-order valence-electron chi connectivity index (χ4n) is 2.11. The Morgan fingerprint density at radius 2 is 2.05 bits per heavy atom. The molecule has 0 radical (unpaired) electrons. The van der Waals surface area contributed by atoms with Gasteiger partial charge in [0.25, 0.3) is 0 Å². The quantitative estimate of drug-likeness (QED) is 0.816. The molecular formula is C15H19NO5. The number of nitrogens with one attached hydrogen (secondary N) is 1. The Bertz CT molecular complexity index is 499. The second-order valence-electron chi connectivity index (χ2n) is 5.07. The maximum absolute atomic E-state index is 11.8. The van der Waals surface area contributed by atoms with Gasteiger partial charge in [-0.1, -0.05) is 17.7 Å². The summed E-state index contributed by atoms with van der Waals surface area (Å²) >= 11 is 0. The molecule has 2 rings (SSSR count). The standard InChI is InChI=1S/C15H19NO5/c1-10-2-4-11(5-3-10)21-7-6-14(17)16-13-9-20-8-12(13)15(18)19/h2-5,12-13H,6-9H2,1H3,(H,16,17)(H,18,19). The Balaban J connectivity index is 1.72. The summed E-state index contributed by atoms with van der Waals surface area (Å²) in [5.74, 6) is -1.15. The number of aliphatic carboxylic acids is 1. The summed E-state index contributed by atoms with van der Waals surface area (Å²) in [6.45, 7) is 2.61. The van der Waals surface area contributed by atoms with E-state index in [-0.39, 0.29) is 32.1 Å². The third-order valence-electron chi connectivity index (χ3n) is 3.36. The van der Waals surface area contributed by atoms with Crippen LogP contribution in [0.2, 0.25) is 0 Å². The molecule has 2 atom stereocenters. The Kier molecular flexibility index (Phi) is 5.16. The van der Waals surface area contributed by atoms with E-state index in [9.17, 15) is 9.59 Å². The first-order chi connectivity index (χ1) is 10.1. The van der Waals surface area contributed by atoms with Gasteiger partial charge in [-0.25, -0.2) is 0 Å². The molecule has 0 aliphatic carbocycles. The van der Waals surface area contributed by atoms with Crippen LogP contribution in [-0.4, -0.2) is 42.8 Å². The molecule has 1 aromatic rings. The van der Waals surface area contributed by atoms with Crippen molar-refractivity contribution >= 4 is 11.9 Å². The zero-order valence-electron chi connectivity index (χ0n) is 11.9. The molecular weight excluding hydrogens is 274 g/mol. The predicted octanol–water partition coefficient (Wildman–Crippen LogP) is 0.980. The minimum absolute atomic E-state index is 0.139. The van der Waals surface area contributed by atoms with Crippen LogP contribution in [0.3, 0.4) is 0 Å². The van der Waals surface area contributed by atoms with Gasteiger partial charge in [0.1, 0.15) is 11.7 Å². The first kappa shape index (κ1) is 15.3. The smallest absolute Gasteiger partial charge is 0.311 e. The summed E-state index contributed by atoms with van der Waals surface area (Å²) in [5, 5.41) is 11.7. The molecule has 21 heavy (non-hydrogen) atoms. The van der Waals surface area contributed by atoms with E-state index in [0.717, 1.165) is 5.56 Å². The van der Waals surface area contributed by atoms with E-state index in [0.29, 0.717) is 5.75 Å². The Morgan fingerprint density at radius 1 is 1.33 bits per heavy atom. The highest BCUT2D eigenvalue weighted by atomic mass is 16.5. The number of carboxylic acids is 1. The first-order valence-electron chi connectivity index (χ1n) is 6.85. The second kappa shape index (κ2) is 7.08. The number of benzene rings is 1. The molecule has 0 spiro atoms. The normalized spacial score (nSPS) is 21.0. The highest BCUT2D eigenvalue weighted by Crippen LogP contribution is 2.14. The molecule has 2 unspecified atom stereocenters. The lowest BCUT2D eigenvalue weighted by molar-refractivity contribution is -0.142. The van der Waals surface area contributed by atoms with Gasteiger partial charge in [-0.3, -0.25) is 9.59 Å². The number of aryl methyl sites for hydroxylation is 1. The summed E-state index contributed by atoms with van der Waals surface area (Å²) < 4.78 is 10.6. The summed E-state index contributed by atoms with van der Waals surface area (Å²) in [5.41, 5.74) is 1.14. The molecule has 1 fully saturated rings. The number of hydrogen-bond donors (Lipinski definition) is 2. The van der Waals surface area contributed by atoms with E-state index in [1.54, 1.807) is 0 Å². The molecule has 0 bridgehead atoms. The molecule has 1 aliphatic rings. The van der Waals surface area contributed by atoms with E-state index in [1.807, 2.05) is 31.2 Å². The van der Waals surface area contributed by atoms with E-state index in [1.165, 1.54) is 0 Å². The van der Waals surface area contributed by atoms with Gasteiger partial charge < -0.3 is 19.9 Å². The van der Waals surface area contributed by atoms with E-state index >= 15 is 0 Å². The zero-order chi connectivity index (χ0) is 15.2. The van der Waals surface area contributed by atoms with Crippen LogP contribution in [0.1, 0.15) is 12.0 Å². The van der Waals surface area contributed by atoms with E-state index in [2.05, 4.69) is 5.32 Å². The molecule has 0 saturated carbocycles. The summed E-state index contributed by atoms with van der Waals surface area (Å²) in [7, 11) is 0. The van der Waals surface area contributed by atoms with Crippen molar-refractivity contribution in [2.45, 2.75) is 19.4 Å². The maximum Gasteiger partial charge on any atom is 0.311 e.